The highest BCUT2D eigenvalue weighted by Crippen LogP contribution is 2.28. The molecule has 0 aliphatic carbocycles. The number of amides is 1. The summed E-state index contributed by atoms with van der Waals surface area (Å²) in [6.07, 6.45) is 0. The van der Waals surface area contributed by atoms with E-state index in [2.05, 4.69) is 5.32 Å². The summed E-state index contributed by atoms with van der Waals surface area (Å²) in [5, 5.41) is 41.5. The van der Waals surface area contributed by atoms with Crippen LogP contribution in [0.15, 0.2) is 36.4 Å². The van der Waals surface area contributed by atoms with E-state index < -0.39 is 31.3 Å². The molecule has 6 nitrogen and oxygen atoms in total. The molecule has 0 fully saturated rings. The van der Waals surface area contributed by atoms with Gasteiger partial charge in [-0.3, -0.25) is 4.79 Å². The Morgan fingerprint density at radius 3 is 2.24 bits per heavy atom. The summed E-state index contributed by atoms with van der Waals surface area (Å²) in [6, 6.07) is 10.2. The minimum Gasteiger partial charge on any atom is -0.506 e. The number of aliphatic hydroxyl groups excluding tert-OH is 3. The first-order valence-corrected chi connectivity index (χ1v) is 6.43. The van der Waals surface area contributed by atoms with Gasteiger partial charge in [-0.15, -0.1) is 0 Å². The third kappa shape index (κ3) is 2.82. The maximum absolute atomic E-state index is 12.2. The highest BCUT2D eigenvalue weighted by Gasteiger charge is 2.31. The van der Waals surface area contributed by atoms with Crippen LogP contribution < -0.4 is 5.32 Å². The van der Waals surface area contributed by atoms with Crippen molar-refractivity contribution in [3.63, 3.8) is 0 Å². The van der Waals surface area contributed by atoms with Crippen molar-refractivity contribution >= 4 is 16.7 Å². The van der Waals surface area contributed by atoms with Gasteiger partial charge in [-0.25, -0.2) is 0 Å². The summed E-state index contributed by atoms with van der Waals surface area (Å²) in [6.45, 7) is -1.87. The number of rotatable bonds is 5. The molecule has 2 rings (SSSR count). The second-order valence-corrected chi connectivity index (χ2v) is 4.89. The molecule has 0 radical (unpaired) electrons. The number of hydrogen-bond donors (Lipinski definition) is 5. The number of aliphatic hydroxyl groups is 3. The lowest BCUT2D eigenvalue weighted by atomic mass is 10.0. The van der Waals surface area contributed by atoms with Crippen LogP contribution in [0.5, 0.6) is 5.75 Å². The molecule has 1 amide bonds. The van der Waals surface area contributed by atoms with Crippen LogP contribution in [0.2, 0.25) is 0 Å². The molecular formula is C15H17NO5. The summed E-state index contributed by atoms with van der Waals surface area (Å²) >= 11 is 0. The molecule has 0 aliphatic rings. The molecule has 0 saturated carbocycles. The van der Waals surface area contributed by atoms with Crippen LogP contribution in [0.1, 0.15) is 10.4 Å². The molecule has 2 aromatic rings. The van der Waals surface area contributed by atoms with Gasteiger partial charge >= 0.3 is 0 Å². The average Bonchev–Trinajstić information content (AvgIpc) is 2.53. The molecule has 21 heavy (non-hydrogen) atoms. The number of carbonyl (C=O) groups excluding carboxylic acids is 1. The van der Waals surface area contributed by atoms with E-state index >= 15 is 0 Å². The summed E-state index contributed by atoms with van der Waals surface area (Å²) < 4.78 is 0. The molecule has 0 aliphatic heterocycles. The van der Waals surface area contributed by atoms with Gasteiger partial charge in [0.15, 0.2) is 0 Å². The van der Waals surface area contributed by atoms with Crippen molar-refractivity contribution in [1.29, 1.82) is 0 Å². The van der Waals surface area contributed by atoms with Crippen LogP contribution in [0.3, 0.4) is 0 Å². The molecule has 2 aromatic carbocycles. The number of nitrogens with one attached hydrogen (secondary N) is 1. The minimum atomic E-state index is -1.53. The van der Waals surface area contributed by atoms with Crippen molar-refractivity contribution in [2.24, 2.45) is 0 Å². The fourth-order valence-corrected chi connectivity index (χ4v) is 2.02. The van der Waals surface area contributed by atoms with E-state index in [4.69, 9.17) is 0 Å². The quantitative estimate of drug-likeness (QED) is 0.532. The number of hydrogen-bond acceptors (Lipinski definition) is 5. The monoisotopic (exact) mass is 291 g/mol. The molecule has 0 saturated heterocycles. The predicted molar refractivity (Wildman–Crippen MR) is 77.1 cm³/mol. The minimum absolute atomic E-state index is 0.00780. The first kappa shape index (κ1) is 15.2. The molecule has 5 N–H and O–H groups in total. The molecule has 0 unspecified atom stereocenters. The molecule has 0 aromatic heterocycles. The Bertz CT molecular complexity index is 643. The maximum Gasteiger partial charge on any atom is 0.255 e. The second kappa shape index (κ2) is 6.09. The van der Waals surface area contributed by atoms with Crippen LogP contribution in [-0.2, 0) is 0 Å². The number of aromatic hydroxyl groups is 1. The number of fused-ring (bicyclic) bond motifs is 1. The summed E-state index contributed by atoms with van der Waals surface area (Å²) in [5.41, 5.74) is -1.52. The van der Waals surface area contributed by atoms with E-state index in [1.807, 2.05) is 6.07 Å². The normalized spacial score (nSPS) is 11.6. The topological polar surface area (TPSA) is 110 Å². The molecule has 0 heterocycles. The van der Waals surface area contributed by atoms with Gasteiger partial charge in [0.25, 0.3) is 5.91 Å². The van der Waals surface area contributed by atoms with Gasteiger partial charge in [0.1, 0.15) is 11.3 Å². The molecule has 112 valence electrons. The highest BCUT2D eigenvalue weighted by atomic mass is 16.3. The van der Waals surface area contributed by atoms with E-state index in [1.165, 1.54) is 6.07 Å². The van der Waals surface area contributed by atoms with Crippen molar-refractivity contribution in [3.05, 3.63) is 42.0 Å². The largest absolute Gasteiger partial charge is 0.506 e. The van der Waals surface area contributed by atoms with E-state index in [9.17, 15) is 25.2 Å². The van der Waals surface area contributed by atoms with Crippen molar-refractivity contribution < 1.29 is 25.2 Å². The van der Waals surface area contributed by atoms with Crippen molar-refractivity contribution in [2.75, 3.05) is 19.8 Å². The summed E-state index contributed by atoms with van der Waals surface area (Å²) in [4.78, 5) is 12.2. The number of carbonyl (C=O) groups is 1. The highest BCUT2D eigenvalue weighted by molar-refractivity contribution is 6.03. The standard InChI is InChI=1S/C15H17NO5/c17-7-15(8-18,9-19)16-14(21)12-6-5-10-3-1-2-4-11(10)13(12)20/h1-6,17-20H,7-9H2,(H,16,21). The van der Waals surface area contributed by atoms with Gasteiger partial charge in [0.2, 0.25) is 0 Å². The Morgan fingerprint density at radius 1 is 1.00 bits per heavy atom. The van der Waals surface area contributed by atoms with E-state index in [-0.39, 0.29) is 11.3 Å². The van der Waals surface area contributed by atoms with Crippen molar-refractivity contribution in [3.8, 4) is 5.75 Å². The lowest BCUT2D eigenvalue weighted by Crippen LogP contribution is -2.57. The Labute approximate surface area is 121 Å². The molecule has 0 atom stereocenters. The van der Waals surface area contributed by atoms with E-state index in [0.29, 0.717) is 5.39 Å². The third-order valence-electron chi connectivity index (χ3n) is 3.43. The zero-order valence-electron chi connectivity index (χ0n) is 11.3. The Balaban J connectivity index is 2.38. The van der Waals surface area contributed by atoms with Gasteiger partial charge in [0, 0.05) is 5.39 Å². The lowest BCUT2D eigenvalue weighted by Gasteiger charge is -2.28. The fraction of sp³-hybridized carbons (Fsp3) is 0.267. The van der Waals surface area contributed by atoms with Gasteiger partial charge in [-0.2, -0.15) is 0 Å². The van der Waals surface area contributed by atoms with Gasteiger partial charge in [-0.1, -0.05) is 30.3 Å². The van der Waals surface area contributed by atoms with Gasteiger partial charge in [0.05, 0.1) is 25.4 Å². The van der Waals surface area contributed by atoms with Crippen LogP contribution in [0.4, 0.5) is 0 Å². The fourth-order valence-electron chi connectivity index (χ4n) is 2.02. The van der Waals surface area contributed by atoms with Crippen molar-refractivity contribution in [1.82, 2.24) is 5.32 Å². The first-order valence-electron chi connectivity index (χ1n) is 6.43. The van der Waals surface area contributed by atoms with Crippen molar-refractivity contribution in [2.45, 2.75) is 5.54 Å². The second-order valence-electron chi connectivity index (χ2n) is 4.89. The first-order chi connectivity index (χ1) is 10.1. The lowest BCUT2D eigenvalue weighted by molar-refractivity contribution is 0.0374. The zero-order valence-corrected chi connectivity index (χ0v) is 11.3. The van der Waals surface area contributed by atoms with Crippen LogP contribution >= 0.6 is 0 Å². The molecule has 6 heteroatoms. The molecule has 0 spiro atoms. The maximum atomic E-state index is 12.2. The molecular weight excluding hydrogens is 274 g/mol. The zero-order chi connectivity index (χ0) is 15.5. The summed E-state index contributed by atoms with van der Waals surface area (Å²) in [7, 11) is 0. The average molecular weight is 291 g/mol. The van der Waals surface area contributed by atoms with Gasteiger partial charge in [-0.05, 0) is 11.5 Å². The van der Waals surface area contributed by atoms with Crippen LogP contribution in [-0.4, -0.2) is 51.7 Å². The summed E-state index contributed by atoms with van der Waals surface area (Å²) in [5.74, 6) is -0.872. The van der Waals surface area contributed by atoms with Crippen LogP contribution in [0.25, 0.3) is 10.8 Å². The Kier molecular flexibility index (Phi) is 4.42. The smallest absolute Gasteiger partial charge is 0.255 e. The number of benzene rings is 2. The third-order valence-corrected chi connectivity index (χ3v) is 3.43. The SMILES string of the molecule is O=C(NC(CO)(CO)CO)c1ccc2ccccc2c1O. The van der Waals surface area contributed by atoms with E-state index in [1.54, 1.807) is 24.3 Å². The number of phenols is 1. The Morgan fingerprint density at radius 2 is 1.62 bits per heavy atom. The predicted octanol–water partition coefficient (Wildman–Crippen LogP) is -0.00910. The van der Waals surface area contributed by atoms with E-state index in [0.717, 1.165) is 5.39 Å². The van der Waals surface area contributed by atoms with Crippen LogP contribution in [0, 0.1) is 0 Å². The number of phenolic OH excluding ortho intramolecular Hbond substituents is 1. The Hall–Kier alpha value is -2.15. The molecule has 0 bridgehead atoms. The van der Waals surface area contributed by atoms with Gasteiger partial charge < -0.3 is 25.7 Å².